The van der Waals surface area contributed by atoms with Gasteiger partial charge in [-0.2, -0.15) is 0 Å². The number of aromatic nitrogens is 1. The molecule has 0 spiro atoms. The molecule has 1 saturated carbocycles. The average molecular weight is 296 g/mol. The number of carbonyl (C=O) groups excluding carboxylic acids is 1. The topological polar surface area (TPSA) is 101 Å². The molecule has 1 aliphatic carbocycles. The van der Waals surface area contributed by atoms with Gasteiger partial charge < -0.3 is 16.3 Å². The van der Waals surface area contributed by atoms with Gasteiger partial charge in [-0.15, -0.1) is 11.3 Å². The van der Waals surface area contributed by atoms with Crippen molar-refractivity contribution in [3.8, 4) is 0 Å². The fourth-order valence-corrected chi connectivity index (χ4v) is 3.55. The number of nitrogens with one attached hydrogen (secondary N) is 1. The lowest BCUT2D eigenvalue weighted by atomic mass is 9.61. The number of hydrogen-bond donors (Lipinski definition) is 3. The highest BCUT2D eigenvalue weighted by molar-refractivity contribution is 7.09. The minimum atomic E-state index is -0.862. The summed E-state index contributed by atoms with van der Waals surface area (Å²) in [6.45, 7) is 4.04. The van der Waals surface area contributed by atoms with Crippen LogP contribution in [0.4, 0.5) is 0 Å². The first-order chi connectivity index (χ1) is 9.53. The molecule has 0 saturated heterocycles. The molecule has 20 heavy (non-hydrogen) atoms. The highest BCUT2D eigenvalue weighted by Crippen LogP contribution is 2.46. The minimum absolute atomic E-state index is 0.00194. The van der Waals surface area contributed by atoms with Gasteiger partial charge in [0.1, 0.15) is 10.4 Å². The zero-order valence-electron chi connectivity index (χ0n) is 11.7. The van der Waals surface area contributed by atoms with Gasteiger partial charge in [0.15, 0.2) is 5.84 Å². The maximum absolute atomic E-state index is 12.6. The Morgan fingerprint density at radius 3 is 2.90 bits per heavy atom. The summed E-state index contributed by atoms with van der Waals surface area (Å²) in [4.78, 5) is 16.8. The van der Waals surface area contributed by atoms with Crippen molar-refractivity contribution in [1.29, 1.82) is 0 Å². The Kier molecular flexibility index (Phi) is 4.27. The Labute approximate surface area is 122 Å². The number of rotatable bonds is 5. The van der Waals surface area contributed by atoms with E-state index in [2.05, 4.69) is 15.5 Å². The van der Waals surface area contributed by atoms with E-state index in [-0.39, 0.29) is 17.8 Å². The summed E-state index contributed by atoms with van der Waals surface area (Å²) in [6.07, 6.45) is 3.70. The van der Waals surface area contributed by atoms with E-state index in [4.69, 9.17) is 10.9 Å². The number of oxime groups is 1. The average Bonchev–Trinajstić information content (AvgIpc) is 2.93. The molecule has 4 N–H and O–H groups in total. The molecule has 1 unspecified atom stereocenters. The Morgan fingerprint density at radius 2 is 2.45 bits per heavy atom. The summed E-state index contributed by atoms with van der Waals surface area (Å²) < 4.78 is 0. The molecule has 1 atom stereocenters. The third-order valence-corrected chi connectivity index (χ3v) is 4.78. The van der Waals surface area contributed by atoms with Crippen molar-refractivity contribution in [3.05, 3.63) is 16.6 Å². The quantitative estimate of drug-likeness (QED) is 0.334. The fraction of sp³-hybridized carbons (Fsp3) is 0.615. The molecule has 1 aliphatic rings. The van der Waals surface area contributed by atoms with Gasteiger partial charge in [0.05, 0.1) is 6.04 Å². The van der Waals surface area contributed by atoms with Crippen molar-refractivity contribution in [1.82, 2.24) is 10.3 Å². The molecule has 0 bridgehead atoms. The highest BCUT2D eigenvalue weighted by Gasteiger charge is 2.52. The summed E-state index contributed by atoms with van der Waals surface area (Å²) in [5.74, 6) is 0.232. The molecule has 110 valence electrons. The Bertz CT molecular complexity index is 494. The van der Waals surface area contributed by atoms with Crippen LogP contribution >= 0.6 is 11.3 Å². The van der Waals surface area contributed by atoms with Gasteiger partial charge in [0, 0.05) is 11.6 Å². The van der Waals surface area contributed by atoms with Crippen molar-refractivity contribution in [2.45, 2.75) is 39.2 Å². The van der Waals surface area contributed by atoms with Gasteiger partial charge in [0.25, 0.3) is 0 Å². The third kappa shape index (κ3) is 2.49. The first-order valence-corrected chi connectivity index (χ1v) is 7.59. The molecule has 1 aromatic heterocycles. The third-order valence-electron chi connectivity index (χ3n) is 3.89. The van der Waals surface area contributed by atoms with E-state index < -0.39 is 5.41 Å². The zero-order valence-corrected chi connectivity index (χ0v) is 12.5. The van der Waals surface area contributed by atoms with Crippen LogP contribution in [0.25, 0.3) is 0 Å². The van der Waals surface area contributed by atoms with Gasteiger partial charge >= 0.3 is 0 Å². The molecule has 2 rings (SSSR count). The molecule has 1 heterocycles. The molecule has 0 radical (unpaired) electrons. The van der Waals surface area contributed by atoms with E-state index in [9.17, 15) is 4.79 Å². The summed E-state index contributed by atoms with van der Waals surface area (Å²) in [5.41, 5.74) is 4.88. The van der Waals surface area contributed by atoms with Crippen molar-refractivity contribution in [3.63, 3.8) is 0 Å². The van der Waals surface area contributed by atoms with E-state index in [0.717, 1.165) is 11.4 Å². The van der Waals surface area contributed by atoms with Crippen LogP contribution in [-0.4, -0.2) is 21.9 Å². The Hall–Kier alpha value is -1.63. The number of hydrogen-bond acceptors (Lipinski definition) is 5. The standard InChI is InChI=1S/C13H20N4O2S/c1-3-9(10-15-4-5-20-10)16-12(18)13(11(14)17-19)6-8(2)7-13/h4-5,8-9,19H,3,6-7H2,1-2H3,(H2,14,17)(H,16,18). The van der Waals surface area contributed by atoms with Crippen LogP contribution in [0.3, 0.4) is 0 Å². The lowest BCUT2D eigenvalue weighted by Crippen LogP contribution is -2.57. The summed E-state index contributed by atoms with van der Waals surface area (Å²) >= 11 is 1.51. The molecule has 6 nitrogen and oxygen atoms in total. The van der Waals surface area contributed by atoms with Crippen molar-refractivity contribution in [2.75, 3.05) is 0 Å². The first-order valence-electron chi connectivity index (χ1n) is 6.72. The maximum Gasteiger partial charge on any atom is 0.234 e. The zero-order chi connectivity index (χ0) is 14.8. The number of nitrogens with zero attached hydrogens (tertiary/aromatic N) is 2. The van der Waals surface area contributed by atoms with Crippen molar-refractivity contribution in [2.24, 2.45) is 22.2 Å². The van der Waals surface area contributed by atoms with Crippen LogP contribution in [0.5, 0.6) is 0 Å². The van der Waals surface area contributed by atoms with Crippen LogP contribution in [0, 0.1) is 11.3 Å². The lowest BCUT2D eigenvalue weighted by Gasteiger charge is -2.44. The largest absolute Gasteiger partial charge is 0.409 e. The van der Waals surface area contributed by atoms with Crippen LogP contribution < -0.4 is 11.1 Å². The van der Waals surface area contributed by atoms with E-state index >= 15 is 0 Å². The molecule has 1 amide bonds. The van der Waals surface area contributed by atoms with Gasteiger partial charge in [-0.3, -0.25) is 4.79 Å². The number of amides is 1. The van der Waals surface area contributed by atoms with Gasteiger partial charge in [0.2, 0.25) is 5.91 Å². The number of nitrogens with two attached hydrogens (primary N) is 1. The molecular weight excluding hydrogens is 276 g/mol. The van der Waals surface area contributed by atoms with E-state index in [1.54, 1.807) is 6.20 Å². The van der Waals surface area contributed by atoms with Gasteiger partial charge in [-0.25, -0.2) is 4.98 Å². The van der Waals surface area contributed by atoms with Crippen LogP contribution in [0.1, 0.15) is 44.2 Å². The molecule has 7 heteroatoms. The lowest BCUT2D eigenvalue weighted by molar-refractivity contribution is -0.134. The van der Waals surface area contributed by atoms with Crippen LogP contribution in [-0.2, 0) is 4.79 Å². The first kappa shape index (κ1) is 14.8. The highest BCUT2D eigenvalue weighted by atomic mass is 32.1. The second-order valence-corrected chi connectivity index (χ2v) is 6.31. The fourth-order valence-electron chi connectivity index (χ4n) is 2.78. The number of carbonyl (C=O) groups is 1. The predicted octanol–water partition coefficient (Wildman–Crippen LogP) is 1.87. The summed E-state index contributed by atoms with van der Waals surface area (Å²) in [6, 6.07) is -0.123. The summed E-state index contributed by atoms with van der Waals surface area (Å²) in [5, 5.41) is 17.7. The molecule has 0 aromatic carbocycles. The van der Waals surface area contributed by atoms with Gasteiger partial charge in [-0.05, 0) is 25.2 Å². The second kappa shape index (κ2) is 5.78. The van der Waals surface area contributed by atoms with E-state index in [1.165, 1.54) is 11.3 Å². The van der Waals surface area contributed by atoms with Crippen LogP contribution in [0.2, 0.25) is 0 Å². The summed E-state index contributed by atoms with van der Waals surface area (Å²) in [7, 11) is 0. The number of amidine groups is 1. The second-order valence-electron chi connectivity index (χ2n) is 5.39. The minimum Gasteiger partial charge on any atom is -0.409 e. The van der Waals surface area contributed by atoms with E-state index in [1.807, 2.05) is 19.2 Å². The predicted molar refractivity (Wildman–Crippen MR) is 77.5 cm³/mol. The van der Waals surface area contributed by atoms with Gasteiger partial charge in [-0.1, -0.05) is 19.0 Å². The van der Waals surface area contributed by atoms with Crippen molar-refractivity contribution < 1.29 is 10.0 Å². The monoisotopic (exact) mass is 296 g/mol. The molecule has 1 aromatic rings. The molecule has 0 aliphatic heterocycles. The normalized spacial score (nSPS) is 27.7. The smallest absolute Gasteiger partial charge is 0.234 e. The Morgan fingerprint density at radius 1 is 1.75 bits per heavy atom. The molecular formula is C13H20N4O2S. The van der Waals surface area contributed by atoms with Crippen molar-refractivity contribution >= 4 is 23.1 Å². The maximum atomic E-state index is 12.6. The number of thiazole rings is 1. The van der Waals surface area contributed by atoms with E-state index in [0.29, 0.717) is 18.8 Å². The SMILES string of the molecule is CCC(NC(=O)C1(/C(N)=N/O)CC(C)C1)c1nccs1. The Balaban J connectivity index is 2.13. The van der Waals surface area contributed by atoms with Crippen LogP contribution in [0.15, 0.2) is 16.7 Å². The molecule has 1 fully saturated rings.